The first kappa shape index (κ1) is 20.2. The van der Waals surface area contributed by atoms with Crippen molar-refractivity contribution in [2.75, 3.05) is 33.2 Å². The second-order valence-electron chi connectivity index (χ2n) is 4.97. The van der Waals surface area contributed by atoms with Crippen LogP contribution in [0.4, 0.5) is 10.1 Å². The Morgan fingerprint density at radius 3 is 2.69 bits per heavy atom. The number of hydrogen-bond donors (Lipinski definition) is 2. The molecule has 0 saturated carbocycles. The van der Waals surface area contributed by atoms with Crippen LogP contribution in [-0.2, 0) is 9.57 Å². The van der Waals surface area contributed by atoms with Crippen LogP contribution in [0.1, 0.15) is 10.5 Å². The fourth-order valence-corrected chi connectivity index (χ4v) is 2.45. The van der Waals surface area contributed by atoms with Gasteiger partial charge in [-0.2, -0.15) is 0 Å². The van der Waals surface area contributed by atoms with Crippen molar-refractivity contribution in [3.05, 3.63) is 39.8 Å². The van der Waals surface area contributed by atoms with E-state index in [1.807, 2.05) is 0 Å². The predicted molar refractivity (Wildman–Crippen MR) is 95.9 cm³/mol. The number of pyridine rings is 1. The lowest BCUT2D eigenvalue weighted by molar-refractivity contribution is 0.00860. The molecule has 0 aliphatic heterocycles. The van der Waals surface area contributed by atoms with Gasteiger partial charge in [-0.3, -0.25) is 9.63 Å². The van der Waals surface area contributed by atoms with Gasteiger partial charge in [0, 0.05) is 12.7 Å². The molecule has 0 fully saturated rings. The van der Waals surface area contributed by atoms with Crippen LogP contribution >= 0.6 is 23.2 Å². The minimum absolute atomic E-state index is 0.0453. The number of halogens is 3. The fraction of sp³-hybridized carbons (Fsp3) is 0.250. The van der Waals surface area contributed by atoms with E-state index in [1.165, 1.54) is 32.4 Å². The summed E-state index contributed by atoms with van der Waals surface area (Å²) in [5.41, 5.74) is 7.96. The molecule has 10 heteroatoms. The second kappa shape index (κ2) is 9.00. The van der Waals surface area contributed by atoms with Gasteiger partial charge in [-0.05, 0) is 18.2 Å². The van der Waals surface area contributed by atoms with Crippen molar-refractivity contribution in [2.45, 2.75) is 0 Å². The molecule has 0 aliphatic carbocycles. The summed E-state index contributed by atoms with van der Waals surface area (Å²) in [6.07, 6.45) is 0. The van der Waals surface area contributed by atoms with E-state index in [0.717, 1.165) is 0 Å². The number of nitrogens with two attached hydrogens (primary N) is 1. The number of hydroxylamine groups is 1. The van der Waals surface area contributed by atoms with Gasteiger partial charge in [0.15, 0.2) is 17.3 Å². The third-order valence-corrected chi connectivity index (χ3v) is 3.98. The zero-order valence-corrected chi connectivity index (χ0v) is 15.4. The van der Waals surface area contributed by atoms with Crippen molar-refractivity contribution in [1.29, 1.82) is 0 Å². The lowest BCUT2D eigenvalue weighted by atomic mass is 10.1. The summed E-state index contributed by atoms with van der Waals surface area (Å²) in [5.74, 6) is -1.62. The van der Waals surface area contributed by atoms with Gasteiger partial charge in [-0.15, -0.1) is 0 Å². The Morgan fingerprint density at radius 1 is 1.31 bits per heavy atom. The second-order valence-corrected chi connectivity index (χ2v) is 5.76. The first-order chi connectivity index (χ1) is 12.4. The molecule has 2 aromatic rings. The van der Waals surface area contributed by atoms with E-state index in [4.69, 9.17) is 43.2 Å². The van der Waals surface area contributed by atoms with E-state index in [9.17, 15) is 9.18 Å². The van der Waals surface area contributed by atoms with Crippen LogP contribution < -0.4 is 16.0 Å². The Bertz CT molecular complexity index is 821. The average Bonchev–Trinajstić information content (AvgIpc) is 2.61. The Hall–Kier alpha value is -2.13. The van der Waals surface area contributed by atoms with Crippen LogP contribution in [0.25, 0.3) is 11.3 Å². The highest BCUT2D eigenvalue weighted by Crippen LogP contribution is 2.36. The Morgan fingerprint density at radius 2 is 2.04 bits per heavy atom. The van der Waals surface area contributed by atoms with E-state index in [1.54, 1.807) is 0 Å². The summed E-state index contributed by atoms with van der Waals surface area (Å²) in [6, 6.07) is 4.18. The smallest absolute Gasteiger partial charge is 0.295 e. The van der Waals surface area contributed by atoms with Gasteiger partial charge in [0.2, 0.25) is 0 Å². The molecule has 3 N–H and O–H groups in total. The molecule has 0 saturated heterocycles. The highest BCUT2D eigenvalue weighted by Gasteiger charge is 2.21. The number of nitrogen functional groups attached to an aromatic ring is 1. The third kappa shape index (κ3) is 4.34. The molecule has 0 aliphatic rings. The maximum atomic E-state index is 14.6. The zero-order valence-electron chi connectivity index (χ0n) is 13.9. The van der Waals surface area contributed by atoms with Crippen molar-refractivity contribution in [2.24, 2.45) is 0 Å². The summed E-state index contributed by atoms with van der Waals surface area (Å²) >= 11 is 11.9. The van der Waals surface area contributed by atoms with E-state index < -0.39 is 11.7 Å². The molecular weight excluding hydrogens is 388 g/mol. The first-order valence-electron chi connectivity index (χ1n) is 7.30. The number of aromatic nitrogens is 1. The lowest BCUT2D eigenvalue weighted by Crippen LogP contribution is -2.27. The third-order valence-electron chi connectivity index (χ3n) is 3.28. The average molecular weight is 404 g/mol. The van der Waals surface area contributed by atoms with Crippen LogP contribution in [0.15, 0.2) is 18.2 Å². The first-order valence-corrected chi connectivity index (χ1v) is 8.05. The molecule has 0 spiro atoms. The van der Waals surface area contributed by atoms with Gasteiger partial charge in [-0.25, -0.2) is 14.9 Å². The molecule has 7 nitrogen and oxygen atoms in total. The molecule has 0 unspecified atom stereocenters. The summed E-state index contributed by atoms with van der Waals surface area (Å²) in [5, 5.41) is 0.0168. The van der Waals surface area contributed by atoms with Crippen molar-refractivity contribution in [3.8, 4) is 17.0 Å². The number of benzene rings is 1. The molecule has 1 amide bonds. The number of anilines is 1. The van der Waals surface area contributed by atoms with E-state index in [0.29, 0.717) is 0 Å². The maximum absolute atomic E-state index is 14.6. The molecule has 140 valence electrons. The Kier molecular flexibility index (Phi) is 6.98. The molecule has 1 heterocycles. The largest absolute Gasteiger partial charge is 0.492 e. The maximum Gasteiger partial charge on any atom is 0.295 e. The van der Waals surface area contributed by atoms with Crippen LogP contribution in [-0.4, -0.2) is 38.3 Å². The normalized spacial score (nSPS) is 10.7. The monoisotopic (exact) mass is 403 g/mol. The van der Waals surface area contributed by atoms with Gasteiger partial charge in [0.1, 0.15) is 0 Å². The number of carbonyl (C=O) groups is 1. The quantitative estimate of drug-likeness (QED) is 0.544. The minimum atomic E-state index is -0.739. The van der Waals surface area contributed by atoms with E-state index >= 15 is 0 Å². The molecule has 0 atom stereocenters. The van der Waals surface area contributed by atoms with E-state index in [2.05, 4.69) is 10.5 Å². The van der Waals surface area contributed by atoms with Crippen molar-refractivity contribution in [1.82, 2.24) is 10.5 Å². The SMILES string of the molecule is COCCONC(=O)c1nc(-c2ccc(Cl)c(OC)c2F)cc(N)c1Cl. The molecule has 0 bridgehead atoms. The molecule has 2 rings (SSSR count). The molecule has 0 radical (unpaired) electrons. The zero-order chi connectivity index (χ0) is 19.3. The molecule has 1 aromatic carbocycles. The topological polar surface area (TPSA) is 95.7 Å². The minimum Gasteiger partial charge on any atom is -0.492 e. The van der Waals surface area contributed by atoms with Gasteiger partial charge in [0.25, 0.3) is 5.91 Å². The number of nitrogens with zero attached hydrogens (tertiary/aromatic N) is 1. The molecule has 26 heavy (non-hydrogen) atoms. The van der Waals surface area contributed by atoms with Crippen LogP contribution in [0.2, 0.25) is 10.0 Å². The van der Waals surface area contributed by atoms with Crippen LogP contribution in [0, 0.1) is 5.82 Å². The molecule has 1 aromatic heterocycles. The van der Waals surface area contributed by atoms with Crippen molar-refractivity contribution >= 4 is 34.8 Å². The number of nitrogens with one attached hydrogen (secondary N) is 1. The van der Waals surface area contributed by atoms with Gasteiger partial charge in [0.05, 0.1) is 41.8 Å². The summed E-state index contributed by atoms with van der Waals surface area (Å²) in [6.45, 7) is 0.400. The van der Waals surface area contributed by atoms with Crippen molar-refractivity contribution < 1.29 is 23.5 Å². The highest BCUT2D eigenvalue weighted by atomic mass is 35.5. The number of amides is 1. The predicted octanol–water partition coefficient (Wildman–Crippen LogP) is 3.09. The summed E-state index contributed by atoms with van der Waals surface area (Å²) in [4.78, 5) is 21.2. The van der Waals surface area contributed by atoms with E-state index in [-0.39, 0.29) is 51.6 Å². The summed E-state index contributed by atoms with van der Waals surface area (Å²) < 4.78 is 24.3. The van der Waals surface area contributed by atoms with Gasteiger partial charge >= 0.3 is 0 Å². The number of carbonyl (C=O) groups excluding carboxylic acids is 1. The Balaban J connectivity index is 2.41. The van der Waals surface area contributed by atoms with Crippen LogP contribution in [0.3, 0.4) is 0 Å². The van der Waals surface area contributed by atoms with Gasteiger partial charge in [-0.1, -0.05) is 23.2 Å². The fourth-order valence-electron chi connectivity index (χ4n) is 2.04. The number of hydrogen-bond acceptors (Lipinski definition) is 6. The van der Waals surface area contributed by atoms with Crippen LogP contribution in [0.5, 0.6) is 5.75 Å². The Labute approximate surface area is 159 Å². The standard InChI is InChI=1S/C16H16Cl2FN3O4/c1-24-5-6-26-22-16(23)14-12(18)10(20)7-11(21-14)8-3-4-9(17)15(25-2)13(8)19/h3-4,7H,5-6H2,1-2H3,(H2,20,21)(H,22,23). The highest BCUT2D eigenvalue weighted by molar-refractivity contribution is 6.36. The lowest BCUT2D eigenvalue weighted by Gasteiger charge is -2.12. The number of rotatable bonds is 7. The molecular formula is C16H16Cl2FN3O4. The van der Waals surface area contributed by atoms with Crippen molar-refractivity contribution in [3.63, 3.8) is 0 Å². The number of methoxy groups -OCH3 is 2. The number of ether oxygens (including phenoxy) is 2. The van der Waals surface area contributed by atoms with Gasteiger partial charge < -0.3 is 15.2 Å². The summed E-state index contributed by atoms with van der Waals surface area (Å²) in [7, 11) is 2.77.